The average molecular weight is 323 g/mol. The van der Waals surface area contributed by atoms with Gasteiger partial charge in [-0.25, -0.2) is 19.9 Å². The molecule has 3 rings (SSSR count). The Hall–Kier alpha value is -2.25. The van der Waals surface area contributed by atoms with E-state index in [-0.39, 0.29) is 11.9 Å². The average Bonchev–Trinajstić information content (AvgIpc) is 2.95. The van der Waals surface area contributed by atoms with Crippen molar-refractivity contribution in [1.29, 1.82) is 0 Å². The van der Waals surface area contributed by atoms with Crippen LogP contribution >= 0.6 is 0 Å². The van der Waals surface area contributed by atoms with Crippen LogP contribution in [0.2, 0.25) is 0 Å². The van der Waals surface area contributed by atoms with Gasteiger partial charge < -0.3 is 4.90 Å². The molecule has 0 N–H and O–H groups in total. The van der Waals surface area contributed by atoms with Gasteiger partial charge in [0.15, 0.2) is 5.82 Å². The molecule has 1 aliphatic rings. The van der Waals surface area contributed by atoms with Crippen molar-refractivity contribution in [1.82, 2.24) is 19.9 Å². The van der Waals surface area contributed by atoms with Crippen molar-refractivity contribution in [3.8, 4) is 0 Å². The number of halogens is 3. The molecular formula is C15H16F3N5. The van der Waals surface area contributed by atoms with E-state index in [1.165, 1.54) is 0 Å². The highest BCUT2D eigenvalue weighted by Crippen LogP contribution is 2.35. The minimum atomic E-state index is -4.47. The third kappa shape index (κ3) is 3.25. The summed E-state index contributed by atoms with van der Waals surface area (Å²) in [5, 5.41) is 0. The van der Waals surface area contributed by atoms with Crippen LogP contribution in [0.1, 0.15) is 41.9 Å². The fraction of sp³-hybridized carbons (Fsp3) is 0.467. The lowest BCUT2D eigenvalue weighted by atomic mass is 10.2. The first-order valence-electron chi connectivity index (χ1n) is 7.33. The van der Waals surface area contributed by atoms with E-state index in [2.05, 4.69) is 19.9 Å². The number of rotatable bonds is 2. The first-order valence-corrected chi connectivity index (χ1v) is 7.33. The Bertz CT molecular complexity index is 716. The van der Waals surface area contributed by atoms with Crippen molar-refractivity contribution in [2.45, 2.75) is 38.9 Å². The van der Waals surface area contributed by atoms with Crippen molar-refractivity contribution in [3.05, 3.63) is 41.4 Å². The van der Waals surface area contributed by atoms with Crippen LogP contribution in [-0.2, 0) is 6.18 Å². The molecule has 2 aromatic heterocycles. The number of aryl methyl sites for hydroxylation is 2. The molecule has 1 saturated heterocycles. The lowest BCUT2D eigenvalue weighted by Crippen LogP contribution is -2.26. The van der Waals surface area contributed by atoms with Crippen LogP contribution in [0, 0.1) is 13.8 Å². The van der Waals surface area contributed by atoms with Gasteiger partial charge >= 0.3 is 6.18 Å². The van der Waals surface area contributed by atoms with E-state index in [9.17, 15) is 13.2 Å². The van der Waals surface area contributed by atoms with Gasteiger partial charge in [0.2, 0.25) is 0 Å². The summed E-state index contributed by atoms with van der Waals surface area (Å²) >= 11 is 0. The highest BCUT2D eigenvalue weighted by molar-refractivity contribution is 5.41. The molecule has 23 heavy (non-hydrogen) atoms. The van der Waals surface area contributed by atoms with Crippen LogP contribution in [0.5, 0.6) is 0 Å². The quantitative estimate of drug-likeness (QED) is 0.849. The summed E-state index contributed by atoms with van der Waals surface area (Å²) < 4.78 is 39.0. The molecule has 1 aliphatic heterocycles. The molecule has 1 fully saturated rings. The zero-order chi connectivity index (χ0) is 16.6. The number of hydrogen-bond acceptors (Lipinski definition) is 5. The van der Waals surface area contributed by atoms with Gasteiger partial charge in [0.25, 0.3) is 0 Å². The van der Waals surface area contributed by atoms with Gasteiger partial charge in [-0.2, -0.15) is 13.2 Å². The monoisotopic (exact) mass is 323 g/mol. The molecule has 0 bridgehead atoms. The number of hydrogen-bond donors (Lipinski definition) is 0. The summed E-state index contributed by atoms with van der Waals surface area (Å²) in [5.74, 6) is 1.51. The van der Waals surface area contributed by atoms with E-state index in [1.54, 1.807) is 26.1 Å². The van der Waals surface area contributed by atoms with E-state index in [0.717, 1.165) is 12.5 Å². The molecule has 0 unspecified atom stereocenters. The van der Waals surface area contributed by atoms with Crippen molar-refractivity contribution >= 4 is 5.82 Å². The predicted molar refractivity (Wildman–Crippen MR) is 77.9 cm³/mol. The maximum atomic E-state index is 13.0. The molecule has 1 atom stereocenters. The molecule has 0 radical (unpaired) electrons. The number of anilines is 1. The number of nitrogens with zero attached hydrogens (tertiary/aromatic N) is 5. The van der Waals surface area contributed by atoms with E-state index < -0.39 is 11.9 Å². The van der Waals surface area contributed by atoms with Gasteiger partial charge in [-0.3, -0.25) is 0 Å². The largest absolute Gasteiger partial charge is 0.433 e. The van der Waals surface area contributed by atoms with Gasteiger partial charge in [0.1, 0.15) is 17.3 Å². The summed E-state index contributed by atoms with van der Waals surface area (Å²) in [4.78, 5) is 18.4. The van der Waals surface area contributed by atoms with Gasteiger partial charge in [0.05, 0.1) is 6.04 Å². The fourth-order valence-electron chi connectivity index (χ4n) is 2.80. The molecule has 0 amide bonds. The summed E-state index contributed by atoms with van der Waals surface area (Å²) in [5.41, 5.74) is -0.584. The number of aromatic nitrogens is 4. The third-order valence-corrected chi connectivity index (χ3v) is 3.77. The van der Waals surface area contributed by atoms with Gasteiger partial charge in [-0.15, -0.1) is 0 Å². The molecule has 2 aromatic rings. The second kappa shape index (κ2) is 5.75. The highest BCUT2D eigenvalue weighted by Gasteiger charge is 2.36. The van der Waals surface area contributed by atoms with Crippen LogP contribution in [0.4, 0.5) is 19.0 Å². The molecule has 0 spiro atoms. The van der Waals surface area contributed by atoms with Crippen molar-refractivity contribution in [2.24, 2.45) is 0 Å². The molecule has 0 aromatic carbocycles. The normalized spacial score (nSPS) is 18.5. The lowest BCUT2D eigenvalue weighted by Gasteiger charge is -2.25. The minimum absolute atomic E-state index is 0.200. The molecule has 122 valence electrons. The van der Waals surface area contributed by atoms with E-state index in [4.69, 9.17) is 0 Å². The van der Waals surface area contributed by atoms with Crippen molar-refractivity contribution < 1.29 is 13.2 Å². The smallest absolute Gasteiger partial charge is 0.346 e. The standard InChI is InChI=1S/C15H16F3N5/c1-9-8-12(15(16,17)18)22-14(20-9)11-4-3-7-23(11)13-5-6-19-10(2)21-13/h5-6,8,11H,3-4,7H2,1-2H3/t11-/m0/s1. The molecule has 8 heteroatoms. The first kappa shape index (κ1) is 15.6. The Labute approximate surface area is 131 Å². The zero-order valence-electron chi connectivity index (χ0n) is 12.8. The minimum Gasteiger partial charge on any atom is -0.346 e. The molecule has 5 nitrogen and oxygen atoms in total. The Morgan fingerprint density at radius 1 is 1.17 bits per heavy atom. The van der Waals surface area contributed by atoms with Gasteiger partial charge in [-0.1, -0.05) is 0 Å². The Kier molecular flexibility index (Phi) is 3.91. The van der Waals surface area contributed by atoms with Crippen molar-refractivity contribution in [3.63, 3.8) is 0 Å². The van der Waals surface area contributed by atoms with Gasteiger partial charge in [0, 0.05) is 18.4 Å². The van der Waals surface area contributed by atoms with E-state index >= 15 is 0 Å². The Morgan fingerprint density at radius 3 is 2.65 bits per heavy atom. The highest BCUT2D eigenvalue weighted by atomic mass is 19.4. The van der Waals surface area contributed by atoms with Crippen molar-refractivity contribution in [2.75, 3.05) is 11.4 Å². The van der Waals surface area contributed by atoms with Crippen LogP contribution in [0.25, 0.3) is 0 Å². The number of alkyl halides is 3. The second-order valence-electron chi connectivity index (χ2n) is 5.56. The second-order valence-corrected chi connectivity index (χ2v) is 5.56. The summed E-state index contributed by atoms with van der Waals surface area (Å²) in [6, 6.07) is 2.42. The molecule has 3 heterocycles. The maximum absolute atomic E-state index is 13.0. The van der Waals surface area contributed by atoms with Crippen LogP contribution in [-0.4, -0.2) is 26.5 Å². The topological polar surface area (TPSA) is 54.8 Å². The first-order chi connectivity index (χ1) is 10.8. The maximum Gasteiger partial charge on any atom is 0.433 e. The van der Waals surface area contributed by atoms with Crippen LogP contribution in [0.3, 0.4) is 0 Å². The molecule has 0 saturated carbocycles. The Balaban J connectivity index is 1.99. The predicted octanol–water partition coefficient (Wildman–Crippen LogP) is 3.24. The fourth-order valence-corrected chi connectivity index (χ4v) is 2.80. The molecule has 0 aliphatic carbocycles. The van der Waals surface area contributed by atoms with Crippen LogP contribution < -0.4 is 4.90 Å². The summed E-state index contributed by atoms with van der Waals surface area (Å²) in [7, 11) is 0. The zero-order valence-corrected chi connectivity index (χ0v) is 12.8. The SMILES string of the molecule is Cc1cc(C(F)(F)F)nc([C@@H]2CCCN2c2ccnc(C)n2)n1. The lowest BCUT2D eigenvalue weighted by molar-refractivity contribution is -0.141. The third-order valence-electron chi connectivity index (χ3n) is 3.77. The molecular weight excluding hydrogens is 307 g/mol. The van der Waals surface area contributed by atoms with E-state index in [1.807, 2.05) is 4.90 Å². The summed E-state index contributed by atoms with van der Waals surface area (Å²) in [6.07, 6.45) is -1.28. The van der Waals surface area contributed by atoms with Crippen LogP contribution in [0.15, 0.2) is 18.3 Å². The summed E-state index contributed by atoms with van der Waals surface area (Å²) in [6.45, 7) is 4.04. The Morgan fingerprint density at radius 2 is 1.96 bits per heavy atom. The van der Waals surface area contributed by atoms with E-state index in [0.29, 0.717) is 30.3 Å². The van der Waals surface area contributed by atoms with Gasteiger partial charge in [-0.05, 0) is 38.8 Å².